The zero-order chi connectivity index (χ0) is 20.5. The van der Waals surface area contributed by atoms with Crippen molar-refractivity contribution in [1.82, 2.24) is 15.1 Å². The zero-order valence-electron chi connectivity index (χ0n) is 17.6. The van der Waals surface area contributed by atoms with Crippen molar-refractivity contribution in [2.75, 3.05) is 40.3 Å². The molecule has 5 heteroatoms. The SMILES string of the molecule is COc1ccc(C(CNC(=O)CN(C)Cc2ccccc2)N2CCCCC2)cc1. The Hall–Kier alpha value is -2.37. The smallest absolute Gasteiger partial charge is 0.234 e. The minimum absolute atomic E-state index is 0.0685. The molecule has 1 fully saturated rings. The average Bonchev–Trinajstić information content (AvgIpc) is 2.75. The molecule has 156 valence electrons. The second kappa shape index (κ2) is 11.0. The van der Waals surface area contributed by atoms with Crippen molar-refractivity contribution in [2.45, 2.75) is 31.8 Å². The van der Waals surface area contributed by atoms with Gasteiger partial charge >= 0.3 is 0 Å². The van der Waals surface area contributed by atoms with Gasteiger partial charge in [-0.05, 0) is 56.2 Å². The van der Waals surface area contributed by atoms with Crippen molar-refractivity contribution >= 4 is 5.91 Å². The molecule has 0 aromatic heterocycles. The summed E-state index contributed by atoms with van der Waals surface area (Å²) in [6.45, 7) is 3.96. The van der Waals surface area contributed by atoms with Gasteiger partial charge in [-0.25, -0.2) is 0 Å². The van der Waals surface area contributed by atoms with E-state index in [1.165, 1.54) is 30.4 Å². The van der Waals surface area contributed by atoms with Crippen LogP contribution in [0.3, 0.4) is 0 Å². The van der Waals surface area contributed by atoms with E-state index in [2.05, 4.69) is 34.5 Å². The molecular formula is C24H33N3O2. The van der Waals surface area contributed by atoms with Crippen LogP contribution in [0.1, 0.15) is 36.4 Å². The summed E-state index contributed by atoms with van der Waals surface area (Å²) in [5.74, 6) is 0.927. The Bertz CT molecular complexity index is 742. The molecule has 0 spiro atoms. The number of ether oxygens (including phenoxy) is 1. The molecule has 1 saturated heterocycles. The van der Waals surface area contributed by atoms with Gasteiger partial charge in [0.2, 0.25) is 5.91 Å². The summed E-state index contributed by atoms with van der Waals surface area (Å²) in [5.41, 5.74) is 2.44. The third-order valence-corrected chi connectivity index (χ3v) is 5.53. The predicted molar refractivity (Wildman–Crippen MR) is 117 cm³/mol. The van der Waals surface area contributed by atoms with Gasteiger partial charge in [0.05, 0.1) is 19.7 Å². The number of hydrogen-bond acceptors (Lipinski definition) is 4. The largest absolute Gasteiger partial charge is 0.497 e. The minimum Gasteiger partial charge on any atom is -0.497 e. The molecule has 3 rings (SSSR count). The number of likely N-dealkylation sites (tertiary alicyclic amines) is 1. The Morgan fingerprint density at radius 1 is 1.07 bits per heavy atom. The van der Waals surface area contributed by atoms with Gasteiger partial charge in [0, 0.05) is 13.1 Å². The molecule has 0 saturated carbocycles. The summed E-state index contributed by atoms with van der Waals surface area (Å²) >= 11 is 0. The lowest BCUT2D eigenvalue weighted by Gasteiger charge is -2.35. The Kier molecular flexibility index (Phi) is 8.08. The van der Waals surface area contributed by atoms with E-state index in [9.17, 15) is 4.79 Å². The van der Waals surface area contributed by atoms with Crippen molar-refractivity contribution < 1.29 is 9.53 Å². The van der Waals surface area contributed by atoms with Crippen LogP contribution in [0.15, 0.2) is 54.6 Å². The predicted octanol–water partition coefficient (Wildman–Crippen LogP) is 3.47. The fourth-order valence-electron chi connectivity index (χ4n) is 3.98. The molecule has 29 heavy (non-hydrogen) atoms. The summed E-state index contributed by atoms with van der Waals surface area (Å²) in [7, 11) is 3.67. The molecule has 1 heterocycles. The zero-order valence-corrected chi connectivity index (χ0v) is 17.6. The van der Waals surface area contributed by atoms with Gasteiger partial charge < -0.3 is 10.1 Å². The minimum atomic E-state index is 0.0685. The van der Waals surface area contributed by atoms with Crippen LogP contribution in [0.4, 0.5) is 0 Å². The Balaban J connectivity index is 1.57. The van der Waals surface area contributed by atoms with Gasteiger partial charge in [-0.3, -0.25) is 14.6 Å². The molecule has 0 aliphatic carbocycles. The van der Waals surface area contributed by atoms with Gasteiger partial charge in [0.1, 0.15) is 5.75 Å². The molecule has 0 bridgehead atoms. The maximum Gasteiger partial charge on any atom is 0.234 e. The highest BCUT2D eigenvalue weighted by atomic mass is 16.5. The van der Waals surface area contributed by atoms with E-state index < -0.39 is 0 Å². The summed E-state index contributed by atoms with van der Waals surface area (Å²) in [5, 5.41) is 3.17. The van der Waals surface area contributed by atoms with Gasteiger partial charge in [-0.1, -0.05) is 48.9 Å². The number of amides is 1. The lowest BCUT2D eigenvalue weighted by Crippen LogP contribution is -2.43. The number of carbonyl (C=O) groups excluding carboxylic acids is 1. The molecule has 1 aliphatic heterocycles. The fraction of sp³-hybridized carbons (Fsp3) is 0.458. The number of likely N-dealkylation sites (N-methyl/N-ethyl adjacent to an activating group) is 1. The van der Waals surface area contributed by atoms with Gasteiger partial charge in [-0.15, -0.1) is 0 Å². The lowest BCUT2D eigenvalue weighted by molar-refractivity contribution is -0.122. The third-order valence-electron chi connectivity index (χ3n) is 5.53. The molecule has 0 radical (unpaired) electrons. The molecular weight excluding hydrogens is 362 g/mol. The second-order valence-corrected chi connectivity index (χ2v) is 7.85. The summed E-state index contributed by atoms with van der Waals surface area (Å²) in [6.07, 6.45) is 3.74. The molecule has 2 aromatic carbocycles. The third kappa shape index (κ3) is 6.58. The quantitative estimate of drug-likeness (QED) is 0.706. The number of rotatable bonds is 9. The van der Waals surface area contributed by atoms with Crippen LogP contribution in [0, 0.1) is 0 Å². The van der Waals surface area contributed by atoms with Crippen LogP contribution < -0.4 is 10.1 Å². The first-order valence-corrected chi connectivity index (χ1v) is 10.5. The van der Waals surface area contributed by atoms with Crippen LogP contribution in [0.5, 0.6) is 5.75 Å². The second-order valence-electron chi connectivity index (χ2n) is 7.85. The Morgan fingerprint density at radius 3 is 2.41 bits per heavy atom. The standard InChI is InChI=1S/C24H33N3O2/c1-26(18-20-9-5-3-6-10-20)19-24(28)25-17-23(27-15-7-4-8-16-27)21-11-13-22(29-2)14-12-21/h3,5-6,9-14,23H,4,7-8,15-19H2,1-2H3,(H,25,28). The maximum atomic E-state index is 12.6. The van der Waals surface area contributed by atoms with E-state index in [4.69, 9.17) is 4.74 Å². The van der Waals surface area contributed by atoms with Gasteiger partial charge in [0.15, 0.2) is 0 Å². The van der Waals surface area contributed by atoms with Crippen molar-refractivity contribution in [3.8, 4) is 5.75 Å². The van der Waals surface area contributed by atoms with Crippen molar-refractivity contribution in [3.05, 3.63) is 65.7 Å². The van der Waals surface area contributed by atoms with E-state index in [1.54, 1.807) is 7.11 Å². The molecule has 1 unspecified atom stereocenters. The fourth-order valence-corrected chi connectivity index (χ4v) is 3.98. The highest BCUT2D eigenvalue weighted by Crippen LogP contribution is 2.25. The molecule has 1 amide bonds. The van der Waals surface area contributed by atoms with E-state index in [0.29, 0.717) is 13.1 Å². The van der Waals surface area contributed by atoms with Crippen LogP contribution in [-0.4, -0.2) is 56.0 Å². The van der Waals surface area contributed by atoms with E-state index in [0.717, 1.165) is 25.4 Å². The molecule has 5 nitrogen and oxygen atoms in total. The van der Waals surface area contributed by atoms with Crippen LogP contribution in [0.25, 0.3) is 0 Å². The van der Waals surface area contributed by atoms with Crippen molar-refractivity contribution in [1.29, 1.82) is 0 Å². The number of nitrogens with zero attached hydrogens (tertiary/aromatic N) is 2. The number of methoxy groups -OCH3 is 1. The average molecular weight is 396 g/mol. The molecule has 1 N–H and O–H groups in total. The summed E-state index contributed by atoms with van der Waals surface area (Å²) < 4.78 is 5.30. The first-order valence-electron chi connectivity index (χ1n) is 10.5. The highest BCUT2D eigenvalue weighted by Gasteiger charge is 2.23. The molecule has 1 aliphatic rings. The number of carbonyl (C=O) groups is 1. The number of nitrogens with one attached hydrogen (secondary N) is 1. The van der Waals surface area contributed by atoms with Gasteiger partial charge in [-0.2, -0.15) is 0 Å². The Morgan fingerprint density at radius 2 is 1.76 bits per heavy atom. The number of piperidine rings is 1. The van der Waals surface area contributed by atoms with Gasteiger partial charge in [0.25, 0.3) is 0 Å². The summed E-state index contributed by atoms with van der Waals surface area (Å²) in [4.78, 5) is 17.1. The van der Waals surface area contributed by atoms with Crippen molar-refractivity contribution in [3.63, 3.8) is 0 Å². The van der Waals surface area contributed by atoms with Crippen LogP contribution >= 0.6 is 0 Å². The first kappa shape index (κ1) is 21.3. The first-order chi connectivity index (χ1) is 14.2. The van der Waals surface area contributed by atoms with Crippen LogP contribution in [0.2, 0.25) is 0 Å². The number of hydrogen-bond donors (Lipinski definition) is 1. The maximum absolute atomic E-state index is 12.6. The number of benzene rings is 2. The topological polar surface area (TPSA) is 44.8 Å². The van der Waals surface area contributed by atoms with E-state index in [1.807, 2.05) is 42.3 Å². The highest BCUT2D eigenvalue weighted by molar-refractivity contribution is 5.78. The molecule has 2 aromatic rings. The molecule has 1 atom stereocenters. The van der Waals surface area contributed by atoms with E-state index >= 15 is 0 Å². The van der Waals surface area contributed by atoms with Crippen LogP contribution in [-0.2, 0) is 11.3 Å². The van der Waals surface area contributed by atoms with E-state index in [-0.39, 0.29) is 11.9 Å². The lowest BCUT2D eigenvalue weighted by atomic mass is 10.0. The van der Waals surface area contributed by atoms with Crippen molar-refractivity contribution in [2.24, 2.45) is 0 Å². The normalized spacial score (nSPS) is 15.8. The summed E-state index contributed by atoms with van der Waals surface area (Å²) in [6, 6.07) is 18.7. The Labute approximate surface area is 174 Å². The monoisotopic (exact) mass is 395 g/mol.